The molecule has 6 heteroatoms. The molecule has 106 valence electrons. The molecule has 3 N–H and O–H groups in total. The van der Waals surface area contributed by atoms with Gasteiger partial charge in [-0.05, 0) is 5.92 Å². The van der Waals surface area contributed by atoms with Crippen molar-refractivity contribution in [2.45, 2.75) is 31.7 Å². The van der Waals surface area contributed by atoms with Crippen molar-refractivity contribution in [1.29, 1.82) is 10.5 Å². The van der Waals surface area contributed by atoms with Crippen molar-refractivity contribution in [3.05, 3.63) is 0 Å². The van der Waals surface area contributed by atoms with E-state index in [0.29, 0.717) is 18.4 Å². The number of nitriles is 2. The molecule has 0 amide bonds. The first-order valence-electron chi connectivity index (χ1n) is 7.11. The molecule has 1 aliphatic carbocycles. The zero-order chi connectivity index (χ0) is 14.6. The standard InChI is InChI=1S/C14H18N4OS/c1-3-9(4-2)10-12(7-15)11(17)18-14(13(10,12)8-16)19-5-6-20-14/h9-10H,3-6H2,1-2H3,(H2,17,18)/p+1/t10-,12+,13+,14+/m0/s1. The summed E-state index contributed by atoms with van der Waals surface area (Å²) >= 11 is 1.58. The second-order valence-electron chi connectivity index (χ2n) is 5.75. The second-order valence-corrected chi connectivity index (χ2v) is 7.02. The minimum atomic E-state index is -0.893. The number of nitrogens with one attached hydrogen (secondary N) is 1. The van der Waals surface area contributed by atoms with Crippen molar-refractivity contribution in [1.82, 2.24) is 0 Å². The molecule has 1 spiro atoms. The average molecular weight is 291 g/mol. The summed E-state index contributed by atoms with van der Waals surface area (Å²) in [7, 11) is 0. The minimum absolute atomic E-state index is 0.0353. The highest BCUT2D eigenvalue weighted by molar-refractivity contribution is 8.00. The zero-order valence-electron chi connectivity index (χ0n) is 11.8. The lowest BCUT2D eigenvalue weighted by atomic mass is 9.89. The quantitative estimate of drug-likeness (QED) is 0.759. The molecule has 0 aromatic heterocycles. The fourth-order valence-corrected chi connectivity index (χ4v) is 5.72. The van der Waals surface area contributed by atoms with Gasteiger partial charge < -0.3 is 4.74 Å². The van der Waals surface area contributed by atoms with E-state index in [0.717, 1.165) is 18.6 Å². The highest BCUT2D eigenvalue weighted by Gasteiger charge is 2.96. The van der Waals surface area contributed by atoms with Crippen LogP contribution in [-0.2, 0) is 4.74 Å². The van der Waals surface area contributed by atoms with Crippen molar-refractivity contribution in [3.63, 3.8) is 0 Å². The number of amidine groups is 1. The largest absolute Gasteiger partial charge is 0.327 e. The lowest BCUT2D eigenvalue weighted by Gasteiger charge is -2.25. The lowest BCUT2D eigenvalue weighted by molar-refractivity contribution is -0.584. The Morgan fingerprint density at radius 1 is 1.45 bits per heavy atom. The molecule has 5 nitrogen and oxygen atoms in total. The van der Waals surface area contributed by atoms with E-state index in [4.69, 9.17) is 10.5 Å². The van der Waals surface area contributed by atoms with Crippen LogP contribution in [0.1, 0.15) is 26.7 Å². The van der Waals surface area contributed by atoms with Gasteiger partial charge in [0.25, 0.3) is 10.9 Å². The van der Waals surface area contributed by atoms with Crippen molar-refractivity contribution in [2.75, 3.05) is 12.4 Å². The fraction of sp³-hybridized carbons (Fsp3) is 0.786. The number of thioether (sulfide) groups is 1. The van der Waals surface area contributed by atoms with Gasteiger partial charge in [-0.1, -0.05) is 38.5 Å². The Hall–Kier alpha value is -1.24. The first-order chi connectivity index (χ1) is 9.60. The van der Waals surface area contributed by atoms with Crippen molar-refractivity contribution in [3.8, 4) is 12.1 Å². The van der Waals surface area contributed by atoms with E-state index < -0.39 is 15.9 Å². The monoisotopic (exact) mass is 291 g/mol. The van der Waals surface area contributed by atoms with E-state index >= 15 is 0 Å². The Labute approximate surface area is 123 Å². The second kappa shape index (κ2) is 4.13. The molecule has 0 radical (unpaired) electrons. The van der Waals surface area contributed by atoms with Gasteiger partial charge in [-0.25, -0.2) is 4.99 Å². The van der Waals surface area contributed by atoms with Crippen molar-refractivity contribution >= 4 is 17.6 Å². The summed E-state index contributed by atoms with van der Waals surface area (Å²) in [6.45, 7) is 4.81. The predicted molar refractivity (Wildman–Crippen MR) is 75.0 cm³/mol. The first kappa shape index (κ1) is 13.7. The van der Waals surface area contributed by atoms with Crippen LogP contribution in [0.4, 0.5) is 0 Å². The van der Waals surface area contributed by atoms with E-state index in [2.05, 4.69) is 31.0 Å². The number of fused-ring (bicyclic) bond motifs is 2. The summed E-state index contributed by atoms with van der Waals surface area (Å²) in [5.41, 5.74) is 4.41. The first-order valence-corrected chi connectivity index (χ1v) is 8.10. The predicted octanol–water partition coefficient (Wildman–Crippen LogP) is -0.0590. The van der Waals surface area contributed by atoms with Crippen LogP contribution in [0.25, 0.3) is 0 Å². The molecule has 2 heterocycles. The Kier molecular flexibility index (Phi) is 2.83. The van der Waals surface area contributed by atoms with Crippen LogP contribution in [0.5, 0.6) is 0 Å². The third-order valence-electron chi connectivity index (χ3n) is 5.28. The highest BCUT2D eigenvalue weighted by atomic mass is 32.2. The normalized spacial score (nSPS) is 45.0. The highest BCUT2D eigenvalue weighted by Crippen LogP contribution is 2.79. The van der Waals surface area contributed by atoms with E-state index in [1.807, 2.05) is 0 Å². The maximum Gasteiger partial charge on any atom is 0.277 e. The van der Waals surface area contributed by atoms with Crippen LogP contribution in [0.15, 0.2) is 0 Å². The fourth-order valence-electron chi connectivity index (χ4n) is 4.35. The van der Waals surface area contributed by atoms with Gasteiger partial charge in [-0.3, -0.25) is 5.73 Å². The molecule has 0 aromatic rings. The van der Waals surface area contributed by atoms with E-state index in [-0.39, 0.29) is 5.92 Å². The Morgan fingerprint density at radius 2 is 2.15 bits per heavy atom. The molecule has 3 rings (SSSR count). The molecule has 2 fully saturated rings. The smallest absolute Gasteiger partial charge is 0.277 e. The number of nitrogens with two attached hydrogens (primary N) is 1. The molecule has 0 aromatic carbocycles. The van der Waals surface area contributed by atoms with Gasteiger partial charge in [0.05, 0.1) is 18.7 Å². The lowest BCUT2D eigenvalue weighted by Crippen LogP contribution is -2.88. The van der Waals surface area contributed by atoms with Gasteiger partial charge in [-0.15, -0.1) is 0 Å². The maximum absolute atomic E-state index is 9.91. The molecule has 20 heavy (non-hydrogen) atoms. The van der Waals surface area contributed by atoms with E-state index in [9.17, 15) is 10.5 Å². The molecule has 3 aliphatic rings. The molecule has 0 unspecified atom stereocenters. The van der Waals surface area contributed by atoms with Gasteiger partial charge in [0.1, 0.15) is 0 Å². The third kappa shape index (κ3) is 1.13. The number of ether oxygens (including phenoxy) is 1. The molecular weight excluding hydrogens is 272 g/mol. The zero-order valence-corrected chi connectivity index (χ0v) is 12.6. The van der Waals surface area contributed by atoms with Crippen LogP contribution >= 0.6 is 11.8 Å². The van der Waals surface area contributed by atoms with Crippen molar-refractivity contribution < 1.29 is 9.73 Å². The summed E-state index contributed by atoms with van der Waals surface area (Å²) in [6.07, 6.45) is 1.89. The number of nitrogens with zero attached hydrogens (tertiary/aromatic N) is 2. The summed E-state index contributed by atoms with van der Waals surface area (Å²) in [5, 5.41) is 18.9. The average Bonchev–Trinajstić information content (AvgIpc) is 2.72. The van der Waals surface area contributed by atoms with Gasteiger partial charge in [0, 0.05) is 11.7 Å². The van der Waals surface area contributed by atoms with Crippen LogP contribution in [0.3, 0.4) is 0 Å². The van der Waals surface area contributed by atoms with Gasteiger partial charge in [-0.2, -0.15) is 10.5 Å². The van der Waals surface area contributed by atoms with Crippen LogP contribution in [0.2, 0.25) is 0 Å². The molecular formula is C14H19N4OS+. The summed E-state index contributed by atoms with van der Waals surface area (Å²) in [6, 6.07) is 4.80. The summed E-state index contributed by atoms with van der Waals surface area (Å²) < 4.78 is 5.89. The number of rotatable bonds is 3. The topological polar surface area (TPSA) is 96.8 Å². The third-order valence-corrected chi connectivity index (χ3v) is 6.60. The van der Waals surface area contributed by atoms with Crippen LogP contribution in [0, 0.1) is 45.3 Å². The Morgan fingerprint density at radius 3 is 2.60 bits per heavy atom. The summed E-state index contributed by atoms with van der Waals surface area (Å²) in [5.74, 6) is 1.53. The van der Waals surface area contributed by atoms with Gasteiger partial charge in [0.2, 0.25) is 0 Å². The molecule has 1 saturated carbocycles. The van der Waals surface area contributed by atoms with E-state index in [1.165, 1.54) is 0 Å². The molecule has 2 aliphatic heterocycles. The minimum Gasteiger partial charge on any atom is -0.327 e. The van der Waals surface area contributed by atoms with Crippen LogP contribution < -0.4 is 10.7 Å². The maximum atomic E-state index is 9.91. The summed E-state index contributed by atoms with van der Waals surface area (Å²) in [4.78, 5) is 3.14. The van der Waals surface area contributed by atoms with Gasteiger partial charge >= 0.3 is 0 Å². The van der Waals surface area contributed by atoms with Crippen molar-refractivity contribution in [2.24, 2.45) is 28.4 Å². The van der Waals surface area contributed by atoms with Gasteiger partial charge in [0.15, 0.2) is 10.8 Å². The van der Waals surface area contributed by atoms with E-state index in [1.54, 1.807) is 11.8 Å². The van der Waals surface area contributed by atoms with Crippen LogP contribution in [-0.4, -0.2) is 23.3 Å². The molecule has 4 atom stereocenters. The SMILES string of the molecule is CCC(CC)[C@@H]1[C@@]2(C#N)[C@@]3([NH+]=C(N)[C@@]12C#N)OCCS3. The Balaban J connectivity index is 2.16. The Bertz CT molecular complexity index is 553. The number of hydrogen-bond acceptors (Lipinski definition) is 5. The molecule has 0 bridgehead atoms. The molecule has 1 saturated heterocycles. The number of hydrogen-bond donors (Lipinski definition) is 2.